The summed E-state index contributed by atoms with van der Waals surface area (Å²) in [4.78, 5) is 10.9. The normalized spacial score (nSPS) is 25.4. The van der Waals surface area contributed by atoms with Gasteiger partial charge in [0.15, 0.2) is 0 Å². The van der Waals surface area contributed by atoms with Gasteiger partial charge in [0.1, 0.15) is 5.60 Å². The van der Waals surface area contributed by atoms with Crippen molar-refractivity contribution in [2.24, 2.45) is 0 Å². The van der Waals surface area contributed by atoms with Crippen LogP contribution in [0.25, 0.3) is 0 Å². The second-order valence-corrected chi connectivity index (χ2v) is 4.18. The molecule has 1 aliphatic heterocycles. The summed E-state index contributed by atoms with van der Waals surface area (Å²) >= 11 is 0. The van der Waals surface area contributed by atoms with Gasteiger partial charge in [-0.2, -0.15) is 13.2 Å². The lowest BCUT2D eigenvalue weighted by Gasteiger charge is -2.37. The minimum atomic E-state index is -4.93. The number of halogens is 3. The molecule has 1 unspecified atom stereocenters. The molecule has 1 fully saturated rings. The Hall–Kier alpha value is -1.04. The zero-order chi connectivity index (χ0) is 12.9. The van der Waals surface area contributed by atoms with E-state index in [1.807, 2.05) is 0 Å². The van der Waals surface area contributed by atoms with E-state index in [-0.39, 0.29) is 6.54 Å². The molecule has 0 saturated carbocycles. The number of piperidine rings is 1. The molecule has 0 amide bonds. The Bertz CT molecular complexity index is 283. The average molecular weight is 251 g/mol. The van der Waals surface area contributed by atoms with E-state index >= 15 is 0 Å². The number of carbonyl (C=O) groups is 1. The molecule has 1 saturated heterocycles. The lowest BCUT2D eigenvalue weighted by molar-refractivity contribution is -0.216. The molecular weight excluding hydrogens is 235 g/mol. The van der Waals surface area contributed by atoms with E-state index < -0.39 is 17.7 Å². The summed E-state index contributed by atoms with van der Waals surface area (Å²) in [5, 5.41) is 2.96. The van der Waals surface area contributed by atoms with Gasteiger partial charge in [0.25, 0.3) is 0 Å². The molecule has 1 heterocycles. The van der Waals surface area contributed by atoms with Crippen LogP contribution in [0.5, 0.6) is 0 Å². The molecule has 17 heavy (non-hydrogen) atoms. The summed E-state index contributed by atoms with van der Waals surface area (Å²) in [7, 11) is 0. The number of hydrogen-bond acceptors (Lipinski definition) is 3. The Morgan fingerprint density at radius 3 is 2.71 bits per heavy atom. The highest BCUT2D eigenvalue weighted by Gasteiger charge is 2.46. The molecular formula is C11H16F3NO2. The smallest absolute Gasteiger partial charge is 0.451 e. The van der Waals surface area contributed by atoms with Gasteiger partial charge in [-0.3, -0.25) is 0 Å². The van der Waals surface area contributed by atoms with E-state index in [1.54, 1.807) is 6.08 Å². The first-order valence-electron chi connectivity index (χ1n) is 5.51. The predicted octanol–water partition coefficient (Wildman–Crippen LogP) is 2.18. The van der Waals surface area contributed by atoms with Crippen LogP contribution in [0.3, 0.4) is 0 Å². The maximum Gasteiger partial charge on any atom is 0.490 e. The number of hydrogen-bond donors (Lipinski definition) is 1. The van der Waals surface area contributed by atoms with Crippen molar-refractivity contribution < 1.29 is 22.7 Å². The topological polar surface area (TPSA) is 38.3 Å². The van der Waals surface area contributed by atoms with E-state index in [0.29, 0.717) is 25.7 Å². The molecule has 1 atom stereocenters. The van der Waals surface area contributed by atoms with Crippen LogP contribution in [0, 0.1) is 0 Å². The van der Waals surface area contributed by atoms with Crippen LogP contribution < -0.4 is 5.32 Å². The summed E-state index contributed by atoms with van der Waals surface area (Å²) < 4.78 is 41.2. The molecule has 6 heteroatoms. The summed E-state index contributed by atoms with van der Waals surface area (Å²) in [6, 6.07) is 0. The first kappa shape index (κ1) is 14.0. The van der Waals surface area contributed by atoms with Crippen molar-refractivity contribution in [3.63, 3.8) is 0 Å². The maximum absolute atomic E-state index is 12.2. The summed E-state index contributed by atoms with van der Waals surface area (Å²) in [6.45, 7) is 4.52. The minimum absolute atomic E-state index is 0.267. The minimum Gasteiger partial charge on any atom is -0.451 e. The van der Waals surface area contributed by atoms with Crippen molar-refractivity contribution in [3.8, 4) is 0 Å². The van der Waals surface area contributed by atoms with Gasteiger partial charge in [-0.1, -0.05) is 6.08 Å². The van der Waals surface area contributed by atoms with E-state index in [0.717, 1.165) is 6.54 Å². The number of carbonyl (C=O) groups excluding carboxylic acids is 1. The number of allylic oxidation sites excluding steroid dienone is 1. The first-order valence-corrected chi connectivity index (χ1v) is 5.51. The van der Waals surface area contributed by atoms with Crippen molar-refractivity contribution in [1.29, 1.82) is 0 Å². The number of ether oxygens (including phenoxy) is 1. The number of rotatable bonds is 4. The summed E-state index contributed by atoms with van der Waals surface area (Å²) in [6.07, 6.45) is -1.29. The number of esters is 1. The zero-order valence-electron chi connectivity index (χ0n) is 9.48. The highest BCUT2D eigenvalue weighted by Crippen LogP contribution is 2.30. The quantitative estimate of drug-likeness (QED) is 0.614. The van der Waals surface area contributed by atoms with Crippen molar-refractivity contribution in [2.75, 3.05) is 13.1 Å². The van der Waals surface area contributed by atoms with Gasteiger partial charge in [0.05, 0.1) is 0 Å². The van der Waals surface area contributed by atoms with Crippen LogP contribution in [0.1, 0.15) is 25.7 Å². The second-order valence-electron chi connectivity index (χ2n) is 4.18. The van der Waals surface area contributed by atoms with E-state index in [1.165, 1.54) is 0 Å². The lowest BCUT2D eigenvalue weighted by atomic mass is 9.89. The van der Waals surface area contributed by atoms with Gasteiger partial charge in [0.2, 0.25) is 0 Å². The molecule has 0 aromatic carbocycles. The highest BCUT2D eigenvalue weighted by molar-refractivity contribution is 5.76. The highest BCUT2D eigenvalue weighted by atomic mass is 19.4. The van der Waals surface area contributed by atoms with E-state index in [4.69, 9.17) is 0 Å². The number of nitrogens with one attached hydrogen (secondary N) is 1. The molecule has 0 aromatic rings. The van der Waals surface area contributed by atoms with E-state index in [9.17, 15) is 18.0 Å². The molecule has 98 valence electrons. The largest absolute Gasteiger partial charge is 0.490 e. The van der Waals surface area contributed by atoms with Crippen molar-refractivity contribution in [3.05, 3.63) is 12.7 Å². The molecule has 3 nitrogen and oxygen atoms in total. The Morgan fingerprint density at radius 2 is 2.24 bits per heavy atom. The fourth-order valence-corrected chi connectivity index (χ4v) is 1.91. The van der Waals surface area contributed by atoms with Crippen LogP contribution in [0.2, 0.25) is 0 Å². The van der Waals surface area contributed by atoms with Crippen molar-refractivity contribution in [1.82, 2.24) is 5.32 Å². The monoisotopic (exact) mass is 251 g/mol. The maximum atomic E-state index is 12.2. The molecule has 1 aliphatic rings. The fourth-order valence-electron chi connectivity index (χ4n) is 1.91. The summed E-state index contributed by atoms with van der Waals surface area (Å²) in [5.74, 6) is -2.11. The Morgan fingerprint density at radius 1 is 1.53 bits per heavy atom. The van der Waals surface area contributed by atoms with Crippen LogP contribution in [0.4, 0.5) is 13.2 Å². The Labute approximate surface area is 98.0 Å². The Kier molecular flexibility index (Phi) is 4.56. The molecule has 1 N–H and O–H groups in total. The third-order valence-corrected chi connectivity index (χ3v) is 2.78. The SMILES string of the molecule is C=CCCC1(OC(=O)C(F)(F)F)CCCNC1. The molecule has 0 bridgehead atoms. The van der Waals surface area contributed by atoms with Gasteiger partial charge in [-0.25, -0.2) is 4.79 Å². The van der Waals surface area contributed by atoms with Gasteiger partial charge in [0, 0.05) is 6.54 Å². The van der Waals surface area contributed by atoms with Crippen molar-refractivity contribution in [2.45, 2.75) is 37.5 Å². The average Bonchev–Trinajstić information content (AvgIpc) is 2.26. The van der Waals surface area contributed by atoms with Gasteiger partial charge in [-0.15, -0.1) is 6.58 Å². The molecule has 0 aromatic heterocycles. The van der Waals surface area contributed by atoms with Gasteiger partial charge in [-0.05, 0) is 32.2 Å². The lowest BCUT2D eigenvalue weighted by Crippen LogP contribution is -2.50. The zero-order valence-corrected chi connectivity index (χ0v) is 9.48. The molecule has 0 aliphatic carbocycles. The van der Waals surface area contributed by atoms with Crippen LogP contribution in [-0.4, -0.2) is 30.8 Å². The summed E-state index contributed by atoms with van der Waals surface area (Å²) in [5.41, 5.74) is -1.04. The standard InChI is InChI=1S/C11H16F3NO2/c1-2-3-5-10(6-4-7-15-8-10)17-9(16)11(12,13)14/h2,15H,1,3-8H2. The van der Waals surface area contributed by atoms with Gasteiger partial charge >= 0.3 is 12.1 Å². The van der Waals surface area contributed by atoms with Crippen LogP contribution in [-0.2, 0) is 9.53 Å². The Balaban J connectivity index is 2.69. The number of alkyl halides is 3. The molecule has 0 radical (unpaired) electrons. The second kappa shape index (κ2) is 5.53. The third kappa shape index (κ3) is 4.03. The first-order chi connectivity index (χ1) is 7.90. The van der Waals surface area contributed by atoms with Crippen molar-refractivity contribution >= 4 is 5.97 Å². The van der Waals surface area contributed by atoms with E-state index in [2.05, 4.69) is 16.6 Å². The van der Waals surface area contributed by atoms with Crippen LogP contribution in [0.15, 0.2) is 12.7 Å². The van der Waals surface area contributed by atoms with Gasteiger partial charge < -0.3 is 10.1 Å². The molecule has 1 rings (SSSR count). The fraction of sp³-hybridized carbons (Fsp3) is 0.727. The third-order valence-electron chi connectivity index (χ3n) is 2.78. The molecule has 0 spiro atoms. The van der Waals surface area contributed by atoms with Crippen LogP contribution >= 0.6 is 0 Å². The predicted molar refractivity (Wildman–Crippen MR) is 56.4 cm³/mol.